The van der Waals surface area contributed by atoms with E-state index in [4.69, 9.17) is 21.1 Å². The highest BCUT2D eigenvalue weighted by Gasteiger charge is 2.27. The fourth-order valence-corrected chi connectivity index (χ4v) is 4.86. The van der Waals surface area contributed by atoms with E-state index in [1.54, 1.807) is 24.3 Å². The summed E-state index contributed by atoms with van der Waals surface area (Å²) >= 11 is 5.93. The topological polar surface area (TPSA) is 84.9 Å². The Morgan fingerprint density at radius 2 is 1.69 bits per heavy atom. The molecule has 0 saturated heterocycles. The van der Waals surface area contributed by atoms with Crippen molar-refractivity contribution in [3.8, 4) is 11.5 Å². The number of amides is 1. The number of carbonyl (C=O) groups excluding carboxylic acids is 1. The quantitative estimate of drug-likeness (QED) is 0.386. The van der Waals surface area contributed by atoms with E-state index in [2.05, 4.69) is 5.32 Å². The van der Waals surface area contributed by atoms with E-state index in [9.17, 15) is 13.2 Å². The minimum absolute atomic E-state index is 0.0283. The highest BCUT2D eigenvalue weighted by molar-refractivity contribution is 7.92. The highest BCUT2D eigenvalue weighted by atomic mass is 35.5. The summed E-state index contributed by atoms with van der Waals surface area (Å²) in [5, 5.41) is 3.21. The van der Waals surface area contributed by atoms with Gasteiger partial charge in [-0.1, -0.05) is 23.7 Å². The second-order valence-electron chi connectivity index (χ2n) is 7.98. The van der Waals surface area contributed by atoms with Gasteiger partial charge in [0.05, 0.1) is 23.3 Å². The summed E-state index contributed by atoms with van der Waals surface area (Å²) in [6, 6.07) is 19.8. The van der Waals surface area contributed by atoms with Gasteiger partial charge in [0.1, 0.15) is 18.0 Å². The Bertz CT molecular complexity index is 1230. The zero-order valence-electron chi connectivity index (χ0n) is 19.9. The first-order chi connectivity index (χ1) is 16.7. The van der Waals surface area contributed by atoms with Crippen molar-refractivity contribution in [2.45, 2.75) is 38.3 Å². The van der Waals surface area contributed by atoms with Crippen LogP contribution in [-0.4, -0.2) is 33.6 Å². The number of nitrogens with zero attached hydrogens (tertiary/aromatic N) is 1. The Morgan fingerprint density at radius 1 is 1.00 bits per heavy atom. The summed E-state index contributed by atoms with van der Waals surface area (Å²) in [4.78, 5) is 12.9. The summed E-state index contributed by atoms with van der Waals surface area (Å²) in [5.41, 5.74) is 1.18. The largest absolute Gasteiger partial charge is 0.494 e. The van der Waals surface area contributed by atoms with Crippen LogP contribution in [0.5, 0.6) is 11.5 Å². The van der Waals surface area contributed by atoms with Gasteiger partial charge >= 0.3 is 0 Å². The summed E-state index contributed by atoms with van der Waals surface area (Å²) in [7, 11) is -4.04. The lowest BCUT2D eigenvalue weighted by atomic mass is 10.2. The molecule has 9 heteroatoms. The Balaban J connectivity index is 1.81. The van der Waals surface area contributed by atoms with Crippen LogP contribution >= 0.6 is 11.6 Å². The molecule has 35 heavy (non-hydrogen) atoms. The van der Waals surface area contributed by atoms with Crippen molar-refractivity contribution < 1.29 is 22.7 Å². The number of nitrogens with one attached hydrogen (secondary N) is 1. The maximum atomic E-state index is 13.5. The van der Waals surface area contributed by atoms with Crippen LogP contribution < -0.4 is 19.1 Å². The van der Waals surface area contributed by atoms with Gasteiger partial charge < -0.3 is 14.8 Å². The number of rotatable bonds is 11. The molecule has 0 aliphatic rings. The standard InChI is InChI=1S/C26H29ClN2O5S/c1-4-33-23-12-10-22(11-13-23)29(35(31,32)25-14-8-21(27)9-15-25)18-26(30)28-17-20-6-5-7-24(16-20)34-19(2)3/h5-16,19H,4,17-18H2,1-3H3,(H,28,30). The Labute approximate surface area is 211 Å². The van der Waals surface area contributed by atoms with Gasteiger partial charge in [-0.25, -0.2) is 8.42 Å². The van der Waals surface area contributed by atoms with Crippen LogP contribution in [0.3, 0.4) is 0 Å². The third kappa shape index (κ3) is 7.37. The summed E-state index contributed by atoms with van der Waals surface area (Å²) in [6.07, 6.45) is 0.0283. The second kappa shape index (κ2) is 12.0. The average Bonchev–Trinajstić information content (AvgIpc) is 2.82. The number of carbonyl (C=O) groups is 1. The molecule has 1 N–H and O–H groups in total. The van der Waals surface area contributed by atoms with Crippen molar-refractivity contribution in [1.29, 1.82) is 0 Å². The average molecular weight is 517 g/mol. The van der Waals surface area contributed by atoms with Gasteiger partial charge in [-0.2, -0.15) is 0 Å². The van der Waals surface area contributed by atoms with Crippen LogP contribution in [-0.2, 0) is 21.4 Å². The minimum Gasteiger partial charge on any atom is -0.494 e. The molecule has 0 heterocycles. The Kier molecular flexibility index (Phi) is 9.01. The lowest BCUT2D eigenvalue weighted by molar-refractivity contribution is -0.119. The Morgan fingerprint density at radius 3 is 2.31 bits per heavy atom. The molecule has 3 rings (SSSR count). The first kappa shape index (κ1) is 26.4. The third-order valence-corrected chi connectivity index (χ3v) is 6.92. The normalized spacial score (nSPS) is 11.2. The molecule has 0 unspecified atom stereocenters. The van der Waals surface area contributed by atoms with Crippen LogP contribution in [0.25, 0.3) is 0 Å². The van der Waals surface area contributed by atoms with Crippen molar-refractivity contribution in [1.82, 2.24) is 5.32 Å². The predicted molar refractivity (Wildman–Crippen MR) is 138 cm³/mol. The number of anilines is 1. The summed E-state index contributed by atoms with van der Waals surface area (Å²) < 4.78 is 39.2. The molecule has 0 atom stereocenters. The molecule has 0 bridgehead atoms. The zero-order chi connectivity index (χ0) is 25.4. The molecule has 0 radical (unpaired) electrons. The van der Waals surface area contributed by atoms with E-state index in [1.165, 1.54) is 24.3 Å². The monoisotopic (exact) mass is 516 g/mol. The van der Waals surface area contributed by atoms with E-state index in [1.807, 2.05) is 45.0 Å². The molecule has 0 fully saturated rings. The van der Waals surface area contributed by atoms with Gasteiger partial charge in [0.25, 0.3) is 10.0 Å². The van der Waals surface area contributed by atoms with E-state index in [0.717, 1.165) is 9.87 Å². The summed E-state index contributed by atoms with van der Waals surface area (Å²) in [6.45, 7) is 6.04. The lowest BCUT2D eigenvalue weighted by Gasteiger charge is -2.24. The SMILES string of the molecule is CCOc1ccc(N(CC(=O)NCc2cccc(OC(C)C)c2)S(=O)(=O)c2ccc(Cl)cc2)cc1. The first-order valence-electron chi connectivity index (χ1n) is 11.2. The third-order valence-electron chi connectivity index (χ3n) is 4.88. The number of ether oxygens (including phenoxy) is 2. The van der Waals surface area contributed by atoms with Gasteiger partial charge in [0.2, 0.25) is 5.91 Å². The molecule has 0 spiro atoms. The first-order valence-corrected chi connectivity index (χ1v) is 13.0. The lowest BCUT2D eigenvalue weighted by Crippen LogP contribution is -2.40. The molecule has 0 aliphatic carbocycles. The molecule has 186 valence electrons. The van der Waals surface area contributed by atoms with Crippen molar-refractivity contribution >= 4 is 33.2 Å². The van der Waals surface area contributed by atoms with Crippen molar-refractivity contribution in [3.63, 3.8) is 0 Å². The minimum atomic E-state index is -4.04. The highest BCUT2D eigenvalue weighted by Crippen LogP contribution is 2.26. The summed E-state index contributed by atoms with van der Waals surface area (Å²) in [5.74, 6) is 0.854. The van der Waals surface area contributed by atoms with E-state index < -0.39 is 22.5 Å². The van der Waals surface area contributed by atoms with Gasteiger partial charge in [0, 0.05) is 11.6 Å². The smallest absolute Gasteiger partial charge is 0.264 e. The second-order valence-corrected chi connectivity index (χ2v) is 10.3. The van der Waals surface area contributed by atoms with Crippen LogP contribution in [0.4, 0.5) is 5.69 Å². The molecule has 3 aromatic carbocycles. The molecule has 0 saturated carbocycles. The Hall–Kier alpha value is -3.23. The molecular weight excluding hydrogens is 488 g/mol. The molecule has 7 nitrogen and oxygen atoms in total. The fraction of sp³-hybridized carbons (Fsp3) is 0.269. The number of hydrogen-bond acceptors (Lipinski definition) is 5. The predicted octanol–water partition coefficient (Wildman–Crippen LogP) is 5.04. The number of hydrogen-bond donors (Lipinski definition) is 1. The van der Waals surface area contributed by atoms with Crippen LogP contribution in [0, 0.1) is 0 Å². The maximum absolute atomic E-state index is 13.5. The van der Waals surface area contributed by atoms with E-state index >= 15 is 0 Å². The number of benzene rings is 3. The van der Waals surface area contributed by atoms with Crippen molar-refractivity contribution in [2.75, 3.05) is 17.5 Å². The number of halogens is 1. The zero-order valence-corrected chi connectivity index (χ0v) is 21.5. The van der Waals surface area contributed by atoms with Crippen LogP contribution in [0.15, 0.2) is 77.7 Å². The number of sulfonamides is 1. The van der Waals surface area contributed by atoms with Gasteiger partial charge in [-0.15, -0.1) is 0 Å². The molecule has 3 aromatic rings. The fourth-order valence-electron chi connectivity index (χ4n) is 3.31. The van der Waals surface area contributed by atoms with Crippen LogP contribution in [0.2, 0.25) is 5.02 Å². The molecule has 1 amide bonds. The van der Waals surface area contributed by atoms with E-state index in [-0.39, 0.29) is 17.5 Å². The van der Waals surface area contributed by atoms with Crippen molar-refractivity contribution in [2.24, 2.45) is 0 Å². The van der Waals surface area contributed by atoms with Gasteiger partial charge in [-0.05, 0) is 87.0 Å². The molecule has 0 aliphatic heterocycles. The van der Waals surface area contributed by atoms with E-state index in [0.29, 0.717) is 28.8 Å². The van der Waals surface area contributed by atoms with Gasteiger partial charge in [-0.3, -0.25) is 9.10 Å². The van der Waals surface area contributed by atoms with Crippen LogP contribution in [0.1, 0.15) is 26.3 Å². The van der Waals surface area contributed by atoms with Gasteiger partial charge in [0.15, 0.2) is 0 Å². The van der Waals surface area contributed by atoms with Crippen molar-refractivity contribution in [3.05, 3.63) is 83.4 Å². The maximum Gasteiger partial charge on any atom is 0.264 e. The molecule has 0 aromatic heterocycles. The molecular formula is C26H29ClN2O5S.